The summed E-state index contributed by atoms with van der Waals surface area (Å²) in [5.41, 5.74) is 0. The zero-order valence-corrected chi connectivity index (χ0v) is 10.7. The molecule has 0 spiro atoms. The highest BCUT2D eigenvalue weighted by molar-refractivity contribution is 5.75. The van der Waals surface area contributed by atoms with Crippen LogP contribution >= 0.6 is 0 Å². The zero-order chi connectivity index (χ0) is 11.8. The largest absolute Gasteiger partial charge is 0.356 e. The van der Waals surface area contributed by atoms with Crippen molar-refractivity contribution in [3.8, 4) is 0 Å². The van der Waals surface area contributed by atoms with Crippen LogP contribution in [0.3, 0.4) is 0 Å². The van der Waals surface area contributed by atoms with Crippen molar-refractivity contribution in [1.82, 2.24) is 15.1 Å². The van der Waals surface area contributed by atoms with Gasteiger partial charge in [-0.25, -0.2) is 0 Å². The van der Waals surface area contributed by atoms with Crippen molar-refractivity contribution in [2.24, 2.45) is 0 Å². The molecule has 0 bridgehead atoms. The lowest BCUT2D eigenvalue weighted by Crippen LogP contribution is -2.46. The van der Waals surface area contributed by atoms with Crippen LogP contribution in [0.5, 0.6) is 0 Å². The van der Waals surface area contributed by atoms with Gasteiger partial charge in [-0.2, -0.15) is 0 Å². The van der Waals surface area contributed by atoms with Crippen molar-refractivity contribution >= 4 is 5.91 Å². The molecule has 1 heterocycles. The van der Waals surface area contributed by atoms with Crippen molar-refractivity contribution in [3.63, 3.8) is 0 Å². The second-order valence-corrected chi connectivity index (χ2v) is 4.38. The van der Waals surface area contributed by atoms with Gasteiger partial charge in [0.15, 0.2) is 0 Å². The Morgan fingerprint density at radius 3 is 2.31 bits per heavy atom. The van der Waals surface area contributed by atoms with Crippen molar-refractivity contribution in [2.75, 3.05) is 45.8 Å². The summed E-state index contributed by atoms with van der Waals surface area (Å²) in [7, 11) is 0. The Bertz CT molecular complexity index is 200. The standard InChI is InChI=1S/C12H25N3O/c1-3-6-13-12(16)5-7-15-10-8-14(4-2)9-11-15/h3-11H2,1-2H3,(H,13,16). The molecule has 1 aliphatic heterocycles. The highest BCUT2D eigenvalue weighted by Gasteiger charge is 2.15. The van der Waals surface area contributed by atoms with Gasteiger partial charge in [0.2, 0.25) is 5.91 Å². The predicted octanol–water partition coefficient (Wildman–Crippen LogP) is 0.540. The molecule has 0 aromatic heterocycles. The maximum absolute atomic E-state index is 11.4. The first-order valence-electron chi connectivity index (χ1n) is 6.47. The van der Waals surface area contributed by atoms with Crippen LogP contribution in [0.25, 0.3) is 0 Å². The topological polar surface area (TPSA) is 35.6 Å². The summed E-state index contributed by atoms with van der Waals surface area (Å²) in [5.74, 6) is 0.194. The lowest BCUT2D eigenvalue weighted by molar-refractivity contribution is -0.121. The fourth-order valence-corrected chi connectivity index (χ4v) is 1.94. The van der Waals surface area contributed by atoms with E-state index in [0.717, 1.165) is 52.2 Å². The SMILES string of the molecule is CCCNC(=O)CCN1CCN(CC)CC1. The van der Waals surface area contributed by atoms with Crippen LogP contribution in [-0.4, -0.2) is 61.5 Å². The van der Waals surface area contributed by atoms with Crippen molar-refractivity contribution in [3.05, 3.63) is 0 Å². The molecule has 0 unspecified atom stereocenters. The Morgan fingerprint density at radius 2 is 1.75 bits per heavy atom. The van der Waals surface area contributed by atoms with Crippen LogP contribution in [0.2, 0.25) is 0 Å². The number of carbonyl (C=O) groups excluding carboxylic acids is 1. The van der Waals surface area contributed by atoms with E-state index in [0.29, 0.717) is 6.42 Å². The summed E-state index contributed by atoms with van der Waals surface area (Å²) in [6.07, 6.45) is 1.66. The van der Waals surface area contributed by atoms with Gasteiger partial charge >= 0.3 is 0 Å². The van der Waals surface area contributed by atoms with Gasteiger partial charge in [0.25, 0.3) is 0 Å². The van der Waals surface area contributed by atoms with Crippen LogP contribution in [0.1, 0.15) is 26.7 Å². The van der Waals surface area contributed by atoms with Crippen molar-refractivity contribution in [1.29, 1.82) is 0 Å². The molecular formula is C12H25N3O. The number of nitrogens with one attached hydrogen (secondary N) is 1. The van der Waals surface area contributed by atoms with E-state index < -0.39 is 0 Å². The quantitative estimate of drug-likeness (QED) is 0.719. The molecule has 1 saturated heterocycles. The number of amides is 1. The number of rotatable bonds is 6. The monoisotopic (exact) mass is 227 g/mol. The number of piperazine rings is 1. The molecule has 0 saturated carbocycles. The Labute approximate surface area is 99.0 Å². The molecular weight excluding hydrogens is 202 g/mol. The van der Waals surface area contributed by atoms with E-state index in [1.807, 2.05) is 0 Å². The van der Waals surface area contributed by atoms with Gasteiger partial charge in [-0.05, 0) is 13.0 Å². The fourth-order valence-electron chi connectivity index (χ4n) is 1.94. The molecule has 0 aliphatic carbocycles. The highest BCUT2D eigenvalue weighted by Crippen LogP contribution is 2.01. The van der Waals surface area contributed by atoms with Gasteiger partial charge in [0, 0.05) is 45.7 Å². The van der Waals surface area contributed by atoms with Crippen LogP contribution in [0.4, 0.5) is 0 Å². The predicted molar refractivity (Wildman–Crippen MR) is 66.5 cm³/mol. The number of hydrogen-bond acceptors (Lipinski definition) is 3. The van der Waals surface area contributed by atoms with Gasteiger partial charge in [0.1, 0.15) is 0 Å². The van der Waals surface area contributed by atoms with Crippen LogP contribution < -0.4 is 5.32 Å². The number of carbonyl (C=O) groups is 1. The van der Waals surface area contributed by atoms with Gasteiger partial charge in [-0.3, -0.25) is 4.79 Å². The molecule has 0 atom stereocenters. The Hall–Kier alpha value is -0.610. The summed E-state index contributed by atoms with van der Waals surface area (Å²) >= 11 is 0. The van der Waals surface area contributed by atoms with E-state index in [4.69, 9.17) is 0 Å². The molecule has 0 aromatic carbocycles. The second kappa shape index (κ2) is 7.63. The van der Waals surface area contributed by atoms with Crippen molar-refractivity contribution < 1.29 is 4.79 Å². The number of likely N-dealkylation sites (N-methyl/N-ethyl adjacent to an activating group) is 1. The minimum atomic E-state index is 0.194. The lowest BCUT2D eigenvalue weighted by Gasteiger charge is -2.33. The Kier molecular flexibility index (Phi) is 6.42. The molecule has 0 radical (unpaired) electrons. The number of nitrogens with zero attached hydrogens (tertiary/aromatic N) is 2. The Morgan fingerprint density at radius 1 is 1.12 bits per heavy atom. The highest BCUT2D eigenvalue weighted by atomic mass is 16.1. The zero-order valence-electron chi connectivity index (χ0n) is 10.7. The molecule has 1 rings (SSSR count). The summed E-state index contributed by atoms with van der Waals surface area (Å²) in [6.45, 7) is 11.6. The average Bonchev–Trinajstić information content (AvgIpc) is 2.34. The third kappa shape index (κ3) is 4.94. The third-order valence-electron chi connectivity index (χ3n) is 3.14. The first-order chi connectivity index (χ1) is 7.76. The van der Waals surface area contributed by atoms with E-state index in [2.05, 4.69) is 29.0 Å². The van der Waals surface area contributed by atoms with Crippen LogP contribution in [0.15, 0.2) is 0 Å². The normalized spacial score (nSPS) is 18.6. The van der Waals surface area contributed by atoms with Gasteiger partial charge < -0.3 is 15.1 Å². The second-order valence-electron chi connectivity index (χ2n) is 4.38. The van der Waals surface area contributed by atoms with Crippen molar-refractivity contribution in [2.45, 2.75) is 26.7 Å². The molecule has 4 nitrogen and oxygen atoms in total. The van der Waals surface area contributed by atoms with Gasteiger partial charge in [-0.1, -0.05) is 13.8 Å². The molecule has 1 aliphatic rings. The first-order valence-corrected chi connectivity index (χ1v) is 6.47. The van der Waals surface area contributed by atoms with Gasteiger partial charge in [0.05, 0.1) is 0 Å². The molecule has 16 heavy (non-hydrogen) atoms. The fraction of sp³-hybridized carbons (Fsp3) is 0.917. The molecule has 4 heteroatoms. The third-order valence-corrected chi connectivity index (χ3v) is 3.14. The van der Waals surface area contributed by atoms with E-state index in [1.54, 1.807) is 0 Å². The molecule has 0 aromatic rings. The maximum Gasteiger partial charge on any atom is 0.221 e. The summed E-state index contributed by atoms with van der Waals surface area (Å²) in [5, 5.41) is 2.92. The van der Waals surface area contributed by atoms with E-state index in [9.17, 15) is 4.79 Å². The smallest absolute Gasteiger partial charge is 0.221 e. The Balaban J connectivity index is 2.07. The molecule has 1 N–H and O–H groups in total. The molecule has 1 amide bonds. The van der Waals surface area contributed by atoms with Gasteiger partial charge in [-0.15, -0.1) is 0 Å². The maximum atomic E-state index is 11.4. The first kappa shape index (κ1) is 13.5. The summed E-state index contributed by atoms with van der Waals surface area (Å²) < 4.78 is 0. The summed E-state index contributed by atoms with van der Waals surface area (Å²) in [6, 6.07) is 0. The van der Waals surface area contributed by atoms with E-state index >= 15 is 0 Å². The molecule has 94 valence electrons. The van der Waals surface area contributed by atoms with Crippen LogP contribution in [0, 0.1) is 0 Å². The molecule has 1 fully saturated rings. The average molecular weight is 227 g/mol. The van der Waals surface area contributed by atoms with E-state index in [1.165, 1.54) is 0 Å². The lowest BCUT2D eigenvalue weighted by atomic mass is 10.3. The minimum absolute atomic E-state index is 0.194. The summed E-state index contributed by atoms with van der Waals surface area (Å²) in [4.78, 5) is 16.3. The minimum Gasteiger partial charge on any atom is -0.356 e. The number of hydrogen-bond donors (Lipinski definition) is 1. The van der Waals surface area contributed by atoms with Crippen LogP contribution in [-0.2, 0) is 4.79 Å². The van der Waals surface area contributed by atoms with E-state index in [-0.39, 0.29) is 5.91 Å².